The highest BCUT2D eigenvalue weighted by Crippen LogP contribution is 2.24. The smallest absolute Gasteiger partial charge is 0.328 e. The van der Waals surface area contributed by atoms with Gasteiger partial charge in [0, 0.05) is 41.9 Å². The molecule has 1 rings (SSSR count). The molecule has 0 saturated carbocycles. The van der Waals surface area contributed by atoms with Gasteiger partial charge in [-0.3, -0.25) is 38.7 Å². The van der Waals surface area contributed by atoms with Crippen LogP contribution in [0, 0.1) is 5.41 Å². The largest absolute Gasteiger partial charge is 0.481 e. The first-order valence-corrected chi connectivity index (χ1v) is 12.5. The van der Waals surface area contributed by atoms with Crippen LogP contribution in [-0.4, -0.2) is 122 Å². The first-order chi connectivity index (χ1) is 18.4. The number of hydrogen-bond acceptors (Lipinski definition) is 10. The topological polar surface area (TPSA) is 199 Å². The summed E-state index contributed by atoms with van der Waals surface area (Å²) in [6.45, 7) is 5.26. The van der Waals surface area contributed by atoms with E-state index in [4.69, 9.17) is 9.84 Å². The van der Waals surface area contributed by atoms with Crippen LogP contribution in [0.4, 0.5) is 0 Å². The Kier molecular flexibility index (Phi) is 12.7. The van der Waals surface area contributed by atoms with E-state index in [0.717, 1.165) is 18.2 Å². The number of carbonyl (C=O) groups is 7. The number of rotatable bonds is 18. The van der Waals surface area contributed by atoms with E-state index >= 15 is 0 Å². The zero-order valence-corrected chi connectivity index (χ0v) is 23.6. The summed E-state index contributed by atoms with van der Waals surface area (Å²) >= 11 is 4.30. The Balaban J connectivity index is 3.31. The van der Waals surface area contributed by atoms with Crippen LogP contribution in [0.5, 0.6) is 0 Å². The molecular formula is C25H35N3O11S. The highest BCUT2D eigenvalue weighted by molar-refractivity contribution is 7.81. The minimum Gasteiger partial charge on any atom is -0.481 e. The highest BCUT2D eigenvalue weighted by atomic mass is 32.1. The van der Waals surface area contributed by atoms with E-state index in [9.17, 15) is 43.8 Å². The van der Waals surface area contributed by atoms with Crippen molar-refractivity contribution >= 4 is 54.7 Å². The van der Waals surface area contributed by atoms with E-state index in [1.54, 1.807) is 20.8 Å². The summed E-state index contributed by atoms with van der Waals surface area (Å²) in [7, 11) is 0. The Morgan fingerprint density at radius 2 is 1.60 bits per heavy atom. The van der Waals surface area contributed by atoms with Crippen molar-refractivity contribution in [3.8, 4) is 0 Å². The lowest BCUT2D eigenvalue weighted by molar-refractivity contribution is -0.156. The molecule has 1 aliphatic rings. The number of ether oxygens (including phenoxy) is 1. The number of carbonyl (C=O) groups excluding carboxylic acids is 4. The summed E-state index contributed by atoms with van der Waals surface area (Å²) in [5.41, 5.74) is -0.837. The number of amides is 4. The Morgan fingerprint density at radius 3 is 2.05 bits per heavy atom. The Hall–Kier alpha value is -3.56. The van der Waals surface area contributed by atoms with E-state index in [0.29, 0.717) is 9.80 Å². The summed E-state index contributed by atoms with van der Waals surface area (Å²) < 4.78 is 4.69. The lowest BCUT2D eigenvalue weighted by atomic mass is 9.93. The molecule has 0 bridgehead atoms. The number of thiol groups is 1. The van der Waals surface area contributed by atoms with Crippen molar-refractivity contribution in [1.82, 2.24) is 14.7 Å². The van der Waals surface area contributed by atoms with Crippen molar-refractivity contribution in [2.45, 2.75) is 50.9 Å². The van der Waals surface area contributed by atoms with Crippen molar-refractivity contribution in [1.29, 1.82) is 0 Å². The number of hydrogen-bond donors (Lipinski definition) is 4. The minimum absolute atomic E-state index is 0.00717. The average molecular weight is 586 g/mol. The zero-order chi connectivity index (χ0) is 30.8. The summed E-state index contributed by atoms with van der Waals surface area (Å²) in [5.74, 6) is -6.79. The van der Waals surface area contributed by atoms with E-state index in [-0.39, 0.29) is 32.6 Å². The molecule has 4 amide bonds. The molecule has 0 aromatic heterocycles. The molecule has 0 saturated heterocycles. The van der Waals surface area contributed by atoms with Crippen LogP contribution in [0.25, 0.3) is 0 Å². The van der Waals surface area contributed by atoms with E-state index in [2.05, 4.69) is 12.6 Å². The van der Waals surface area contributed by atoms with Crippen LogP contribution >= 0.6 is 12.6 Å². The standard InChI is InChI=1S/C25H35N3O11S/c1-5-6-18(30)27(15-29)16(22(35)36)10-26(11-17(23(37)38)28-19(31)7-8-20(28)32)12-24(2,3)13-39-14-25(4,40)9-21(33)34/h5-8,15-17,40H,9-14H2,1-4H3,(H,33,34)(H,35,36)(H,37,38)/b6-5-. The maximum atomic E-state index is 12.4. The van der Waals surface area contributed by atoms with Crippen LogP contribution in [0.3, 0.4) is 0 Å². The summed E-state index contributed by atoms with van der Waals surface area (Å²) in [6, 6.07) is -3.46. The molecule has 40 heavy (non-hydrogen) atoms. The minimum atomic E-state index is -1.74. The maximum absolute atomic E-state index is 12.4. The number of aliphatic carboxylic acids is 3. The molecular weight excluding hydrogens is 550 g/mol. The molecule has 14 nitrogen and oxygen atoms in total. The molecule has 0 aromatic rings. The molecule has 15 heteroatoms. The van der Waals surface area contributed by atoms with Gasteiger partial charge in [0.15, 0.2) is 0 Å². The second-order valence-electron chi connectivity index (χ2n) is 10.4. The van der Waals surface area contributed by atoms with Crippen molar-refractivity contribution in [2.24, 2.45) is 5.41 Å². The van der Waals surface area contributed by atoms with Gasteiger partial charge >= 0.3 is 17.9 Å². The van der Waals surface area contributed by atoms with Crippen LogP contribution < -0.4 is 0 Å². The van der Waals surface area contributed by atoms with Crippen molar-refractivity contribution < 1.29 is 53.6 Å². The van der Waals surface area contributed by atoms with Gasteiger partial charge in [0.25, 0.3) is 17.7 Å². The fraction of sp³-hybridized carbons (Fsp3) is 0.560. The van der Waals surface area contributed by atoms with Crippen LogP contribution in [-0.2, 0) is 38.3 Å². The van der Waals surface area contributed by atoms with Crippen LogP contribution in [0.15, 0.2) is 24.3 Å². The molecule has 1 heterocycles. The Bertz CT molecular complexity index is 1050. The molecule has 3 unspecified atom stereocenters. The van der Waals surface area contributed by atoms with Gasteiger partial charge in [-0.15, -0.1) is 0 Å². The van der Waals surface area contributed by atoms with Gasteiger partial charge < -0.3 is 20.1 Å². The maximum Gasteiger partial charge on any atom is 0.328 e. The SMILES string of the molecule is C/C=C\C(=O)N(C=O)C(CN(CC(C(=O)O)N1C(=O)C=CC1=O)CC(C)(C)COCC(C)(S)CC(=O)O)C(=O)O. The van der Waals surface area contributed by atoms with Gasteiger partial charge in [0.05, 0.1) is 19.6 Å². The van der Waals surface area contributed by atoms with E-state index in [1.807, 2.05) is 0 Å². The fourth-order valence-electron chi connectivity index (χ4n) is 4.05. The Labute approximate surface area is 236 Å². The van der Waals surface area contributed by atoms with Gasteiger partial charge in [-0.2, -0.15) is 12.6 Å². The zero-order valence-electron chi connectivity index (χ0n) is 22.7. The molecule has 0 fully saturated rings. The van der Waals surface area contributed by atoms with Gasteiger partial charge in [-0.05, 0) is 19.9 Å². The highest BCUT2D eigenvalue weighted by Gasteiger charge is 2.40. The number of carboxylic acid groups (broad SMARTS) is 3. The summed E-state index contributed by atoms with van der Waals surface area (Å²) in [5, 5.41) is 28.7. The van der Waals surface area contributed by atoms with Gasteiger partial charge in [0.2, 0.25) is 6.41 Å². The lowest BCUT2D eigenvalue weighted by Crippen LogP contribution is -2.57. The third-order valence-corrected chi connectivity index (χ3v) is 5.98. The quantitative estimate of drug-likeness (QED) is 0.0721. The van der Waals surface area contributed by atoms with Crippen LogP contribution in [0.1, 0.15) is 34.1 Å². The molecule has 1 aliphatic heterocycles. The second-order valence-corrected chi connectivity index (χ2v) is 11.4. The molecule has 3 atom stereocenters. The number of carboxylic acids is 3. The predicted octanol–water partition coefficient (Wildman–Crippen LogP) is -0.113. The lowest BCUT2D eigenvalue weighted by Gasteiger charge is -2.37. The number of allylic oxidation sites excluding steroid dienone is 1. The van der Waals surface area contributed by atoms with E-state index < -0.39 is 71.0 Å². The second kappa shape index (κ2) is 14.7. The predicted molar refractivity (Wildman–Crippen MR) is 142 cm³/mol. The average Bonchev–Trinajstić information content (AvgIpc) is 3.13. The number of imide groups is 2. The third kappa shape index (κ3) is 10.5. The normalized spacial score (nSPS) is 16.7. The summed E-state index contributed by atoms with van der Waals surface area (Å²) in [4.78, 5) is 86.1. The first-order valence-electron chi connectivity index (χ1n) is 12.1. The fourth-order valence-corrected chi connectivity index (χ4v) is 4.28. The molecule has 0 aromatic carbocycles. The Morgan fingerprint density at radius 1 is 1.02 bits per heavy atom. The molecule has 0 aliphatic carbocycles. The number of nitrogens with zero attached hydrogens (tertiary/aromatic N) is 3. The van der Waals surface area contributed by atoms with Crippen molar-refractivity contribution in [2.75, 3.05) is 32.8 Å². The van der Waals surface area contributed by atoms with Crippen molar-refractivity contribution in [3.63, 3.8) is 0 Å². The van der Waals surface area contributed by atoms with Gasteiger partial charge in [-0.1, -0.05) is 19.9 Å². The van der Waals surface area contributed by atoms with Gasteiger partial charge in [-0.25, -0.2) is 9.59 Å². The van der Waals surface area contributed by atoms with Crippen molar-refractivity contribution in [3.05, 3.63) is 24.3 Å². The summed E-state index contributed by atoms with van der Waals surface area (Å²) in [6.07, 6.45) is 3.90. The van der Waals surface area contributed by atoms with Crippen LogP contribution in [0.2, 0.25) is 0 Å². The van der Waals surface area contributed by atoms with E-state index in [1.165, 1.54) is 17.9 Å². The molecule has 0 spiro atoms. The molecule has 222 valence electrons. The monoisotopic (exact) mass is 585 g/mol. The third-order valence-electron chi connectivity index (χ3n) is 5.69. The molecule has 3 N–H and O–H groups in total. The molecule has 0 radical (unpaired) electrons. The first kappa shape index (κ1) is 34.5. The van der Waals surface area contributed by atoms with Gasteiger partial charge in [0.1, 0.15) is 12.1 Å².